The highest BCUT2D eigenvalue weighted by Gasteiger charge is 2.66. The fourth-order valence-electron chi connectivity index (χ4n) is 11.5. The van der Waals surface area contributed by atoms with E-state index in [1.54, 1.807) is 5.57 Å². The molecule has 4 heteroatoms. The summed E-state index contributed by atoms with van der Waals surface area (Å²) in [5.41, 5.74) is 3.97. The summed E-state index contributed by atoms with van der Waals surface area (Å²) in [4.78, 5) is 11.1. The van der Waals surface area contributed by atoms with Gasteiger partial charge in [-0.25, -0.2) is 0 Å². The summed E-state index contributed by atoms with van der Waals surface area (Å²) in [6, 6.07) is 7.84. The molecule has 10 atom stereocenters. The van der Waals surface area contributed by atoms with Gasteiger partial charge in [-0.05, 0) is 103 Å². The van der Waals surface area contributed by atoms with E-state index in [9.17, 15) is 15.0 Å². The number of fused-ring (bicyclic) bond motifs is 7. The molecule has 5 aliphatic carbocycles. The number of aliphatic hydroxyl groups excluding tert-OH is 2. The molecule has 4 fully saturated rings. The molecule has 1 aromatic carbocycles. The fraction of sp³-hybridized carbons (Fsp3) is 0.757. The average Bonchev–Trinajstić information content (AvgIpc) is 2.94. The Morgan fingerprint density at radius 1 is 0.854 bits per heavy atom. The first-order valence-electron chi connectivity index (χ1n) is 16.5. The van der Waals surface area contributed by atoms with Crippen LogP contribution in [0, 0.1) is 50.7 Å². The van der Waals surface area contributed by atoms with E-state index in [0.29, 0.717) is 35.8 Å². The molecule has 0 aromatic heterocycles. The topological polar surface area (TPSA) is 66.8 Å². The van der Waals surface area contributed by atoms with Crippen molar-refractivity contribution in [1.29, 1.82) is 0 Å². The smallest absolute Gasteiger partial charge is 0.150 e. The second-order valence-corrected chi connectivity index (χ2v) is 16.7. The zero-order chi connectivity index (χ0) is 29.4. The summed E-state index contributed by atoms with van der Waals surface area (Å²) in [6.07, 6.45) is 13.5. The van der Waals surface area contributed by atoms with Crippen molar-refractivity contribution in [2.75, 3.05) is 6.61 Å². The molecule has 0 spiro atoms. The highest BCUT2D eigenvalue weighted by molar-refractivity contribution is 5.74. The number of carbonyl (C=O) groups excluding carboxylic acids is 1. The van der Waals surface area contributed by atoms with E-state index in [1.165, 1.54) is 25.7 Å². The van der Waals surface area contributed by atoms with Crippen LogP contribution in [0.15, 0.2) is 35.9 Å². The van der Waals surface area contributed by atoms with Gasteiger partial charge in [0.05, 0.1) is 25.4 Å². The van der Waals surface area contributed by atoms with Crippen LogP contribution in [-0.4, -0.2) is 35.3 Å². The molecular weight excluding hydrogens is 508 g/mol. The summed E-state index contributed by atoms with van der Waals surface area (Å²) in [5.74, 6) is 2.14. The molecule has 0 heterocycles. The zero-order valence-electron chi connectivity index (χ0n) is 26.4. The van der Waals surface area contributed by atoms with Gasteiger partial charge in [-0.1, -0.05) is 77.5 Å². The Labute approximate surface area is 248 Å². The second-order valence-electron chi connectivity index (χ2n) is 16.7. The normalized spacial score (nSPS) is 46.8. The maximum Gasteiger partial charge on any atom is 0.150 e. The third-order valence-electron chi connectivity index (χ3n) is 14.0. The van der Waals surface area contributed by atoms with Crippen molar-refractivity contribution in [2.45, 2.75) is 118 Å². The van der Waals surface area contributed by atoms with Gasteiger partial charge >= 0.3 is 0 Å². The zero-order valence-corrected chi connectivity index (χ0v) is 26.4. The maximum absolute atomic E-state index is 11.1. The Kier molecular flexibility index (Phi) is 7.23. The molecule has 4 saturated carbocycles. The number of aldehydes is 1. The third-order valence-corrected chi connectivity index (χ3v) is 14.0. The van der Waals surface area contributed by atoms with Crippen LogP contribution in [0.2, 0.25) is 0 Å². The van der Waals surface area contributed by atoms with E-state index < -0.39 is 11.5 Å². The highest BCUT2D eigenvalue weighted by atomic mass is 16.5. The summed E-state index contributed by atoms with van der Waals surface area (Å²) in [5, 5.41) is 21.5. The molecule has 0 saturated heterocycles. The number of hydrogen-bond acceptors (Lipinski definition) is 4. The van der Waals surface area contributed by atoms with E-state index in [-0.39, 0.29) is 34.4 Å². The van der Waals surface area contributed by atoms with Crippen molar-refractivity contribution in [3.8, 4) is 0 Å². The number of ether oxygens (including phenoxy) is 1. The van der Waals surface area contributed by atoms with Gasteiger partial charge in [0, 0.05) is 16.4 Å². The van der Waals surface area contributed by atoms with Crippen molar-refractivity contribution < 1.29 is 19.7 Å². The van der Waals surface area contributed by atoms with Crippen molar-refractivity contribution in [3.63, 3.8) is 0 Å². The lowest BCUT2D eigenvalue weighted by Gasteiger charge is -2.68. The van der Waals surface area contributed by atoms with Crippen molar-refractivity contribution >= 4 is 6.29 Å². The van der Waals surface area contributed by atoms with Gasteiger partial charge < -0.3 is 14.9 Å². The summed E-state index contributed by atoms with van der Waals surface area (Å²) in [7, 11) is 0. The Bertz CT molecular complexity index is 1190. The predicted molar refractivity (Wildman–Crippen MR) is 163 cm³/mol. The van der Waals surface area contributed by atoms with Crippen LogP contribution < -0.4 is 0 Å². The van der Waals surface area contributed by atoms with E-state index in [2.05, 4.69) is 47.6 Å². The first-order chi connectivity index (χ1) is 19.3. The van der Waals surface area contributed by atoms with Gasteiger partial charge in [0.15, 0.2) is 0 Å². The van der Waals surface area contributed by atoms with Crippen LogP contribution in [0.1, 0.15) is 115 Å². The van der Waals surface area contributed by atoms with Crippen molar-refractivity contribution in [2.24, 2.45) is 50.7 Å². The van der Waals surface area contributed by atoms with Crippen LogP contribution >= 0.6 is 0 Å². The lowest BCUT2D eigenvalue weighted by Crippen LogP contribution is -2.63. The van der Waals surface area contributed by atoms with Gasteiger partial charge in [0.1, 0.15) is 6.29 Å². The molecule has 0 amide bonds. The van der Waals surface area contributed by atoms with E-state index >= 15 is 0 Å². The number of rotatable bonds is 5. The molecular formula is C37H54O4. The Hall–Kier alpha value is -1.49. The minimum atomic E-state index is -0.399. The number of benzene rings is 1. The van der Waals surface area contributed by atoms with Crippen molar-refractivity contribution in [1.82, 2.24) is 0 Å². The molecule has 5 aliphatic rings. The maximum atomic E-state index is 11.1. The molecule has 4 nitrogen and oxygen atoms in total. The Morgan fingerprint density at radius 3 is 2.22 bits per heavy atom. The van der Waals surface area contributed by atoms with Gasteiger partial charge in [-0.3, -0.25) is 4.79 Å². The fourth-order valence-corrected chi connectivity index (χ4v) is 11.5. The van der Waals surface area contributed by atoms with Gasteiger partial charge in [0.2, 0.25) is 0 Å². The summed E-state index contributed by atoms with van der Waals surface area (Å²) >= 11 is 0. The lowest BCUT2D eigenvalue weighted by molar-refractivity contribution is -0.205. The van der Waals surface area contributed by atoms with Crippen molar-refractivity contribution in [3.05, 3.63) is 47.0 Å². The van der Waals surface area contributed by atoms with E-state index in [0.717, 1.165) is 44.0 Å². The summed E-state index contributed by atoms with van der Waals surface area (Å²) in [6.45, 7) is 15.4. The summed E-state index contributed by atoms with van der Waals surface area (Å²) < 4.78 is 6.83. The molecule has 0 aliphatic heterocycles. The van der Waals surface area contributed by atoms with Crippen LogP contribution in [0.5, 0.6) is 0 Å². The average molecular weight is 563 g/mol. The van der Waals surface area contributed by atoms with Crippen LogP contribution in [-0.2, 0) is 11.3 Å². The Balaban J connectivity index is 1.29. The molecule has 0 radical (unpaired) electrons. The molecule has 0 bridgehead atoms. The van der Waals surface area contributed by atoms with Gasteiger partial charge in [-0.2, -0.15) is 0 Å². The number of aliphatic hydroxyl groups is 2. The molecule has 41 heavy (non-hydrogen) atoms. The third kappa shape index (κ3) is 4.44. The number of hydrogen-bond donors (Lipinski definition) is 2. The standard InChI is InChI=1S/C37H54O4/c1-33(2)19-28-26-11-12-29-34(3,17-14-30-36(29,5)18-15-31(40)37(30,6)23-39)27(26)13-16-35(28,4)32(20-33)41-22-25-9-7-24(21-38)8-10-25/h7-11,21,27-32,39-40H,12-20,22-23H2,1-6H3/t27?,28-,29?,30?,31-,32+,34-,35+,36+,37+/m0/s1. The lowest BCUT2D eigenvalue weighted by atomic mass is 9.37. The van der Waals surface area contributed by atoms with Gasteiger partial charge in [0.25, 0.3) is 0 Å². The van der Waals surface area contributed by atoms with E-state index in [1.807, 2.05) is 24.3 Å². The monoisotopic (exact) mass is 562 g/mol. The van der Waals surface area contributed by atoms with Crippen LogP contribution in [0.3, 0.4) is 0 Å². The Morgan fingerprint density at radius 2 is 1.54 bits per heavy atom. The number of allylic oxidation sites excluding steroid dienone is 2. The first kappa shape index (κ1) is 29.6. The molecule has 1 aromatic rings. The minimum absolute atomic E-state index is 0.0838. The molecule has 3 unspecified atom stereocenters. The molecule has 226 valence electrons. The van der Waals surface area contributed by atoms with E-state index in [4.69, 9.17) is 4.74 Å². The highest BCUT2D eigenvalue weighted by Crippen LogP contribution is 2.72. The van der Waals surface area contributed by atoms with Crippen LogP contribution in [0.25, 0.3) is 0 Å². The molecule has 6 rings (SSSR count). The second kappa shape index (κ2) is 10.0. The quantitative estimate of drug-likeness (QED) is 0.284. The van der Waals surface area contributed by atoms with Crippen LogP contribution in [0.4, 0.5) is 0 Å². The molecule has 2 N–H and O–H groups in total. The SMILES string of the molecule is CC1(C)C[C@@H](OCc2ccc(C=O)cc2)[C@]2(C)CCC3C(=CCC4[C@@]3(C)CCC3[C@]4(C)CC[C@H](O)[C@]3(C)CO)[C@@H]2C1. The first-order valence-corrected chi connectivity index (χ1v) is 16.5. The van der Waals surface area contributed by atoms with Gasteiger partial charge in [-0.15, -0.1) is 0 Å². The largest absolute Gasteiger partial charge is 0.396 e. The number of carbonyl (C=O) groups is 1. The predicted octanol–water partition coefficient (Wildman–Crippen LogP) is 7.76. The minimum Gasteiger partial charge on any atom is -0.396 e.